The van der Waals surface area contributed by atoms with Gasteiger partial charge < -0.3 is 15.3 Å². The van der Waals surface area contributed by atoms with E-state index in [1.165, 1.54) is 0 Å². The van der Waals surface area contributed by atoms with Crippen molar-refractivity contribution < 1.29 is 9.90 Å². The van der Waals surface area contributed by atoms with Crippen molar-refractivity contribution in [2.24, 2.45) is 0 Å². The quantitative estimate of drug-likeness (QED) is 0.843. The number of hydrogen-bond donors (Lipinski definition) is 2. The molecule has 1 saturated heterocycles. The Hall–Kier alpha value is -1.55. The molecule has 18 heavy (non-hydrogen) atoms. The van der Waals surface area contributed by atoms with Gasteiger partial charge in [0.2, 0.25) is 5.91 Å². The highest BCUT2D eigenvalue weighted by molar-refractivity contribution is 5.78. The summed E-state index contributed by atoms with van der Waals surface area (Å²) in [7, 11) is 2.08. The zero-order valence-electron chi connectivity index (χ0n) is 10.7. The van der Waals surface area contributed by atoms with Crippen LogP contribution in [0.25, 0.3) is 0 Å². The molecule has 1 unspecified atom stereocenters. The van der Waals surface area contributed by atoms with Gasteiger partial charge in [0.05, 0.1) is 6.42 Å². The SMILES string of the molecule is CN1CCCC(NC(=O)Cc2ccc(O)cc2)C1. The van der Waals surface area contributed by atoms with Crippen LogP contribution in [-0.4, -0.2) is 42.1 Å². The Kier molecular flexibility index (Phi) is 4.20. The molecule has 0 bridgehead atoms. The summed E-state index contributed by atoms with van der Waals surface area (Å²) in [6, 6.07) is 7.05. The number of aromatic hydroxyl groups is 1. The van der Waals surface area contributed by atoms with Gasteiger partial charge in [0.1, 0.15) is 5.75 Å². The Bertz CT molecular complexity index is 403. The van der Waals surface area contributed by atoms with E-state index in [-0.39, 0.29) is 17.7 Å². The molecule has 1 aliphatic heterocycles. The van der Waals surface area contributed by atoms with E-state index in [1.807, 2.05) is 0 Å². The maximum absolute atomic E-state index is 11.9. The third-order valence-corrected chi connectivity index (χ3v) is 3.29. The lowest BCUT2D eigenvalue weighted by Gasteiger charge is -2.30. The van der Waals surface area contributed by atoms with Gasteiger partial charge in [-0.1, -0.05) is 12.1 Å². The molecule has 1 aromatic rings. The lowest BCUT2D eigenvalue weighted by molar-refractivity contribution is -0.121. The molecule has 1 atom stereocenters. The molecule has 2 N–H and O–H groups in total. The molecule has 1 amide bonds. The fraction of sp³-hybridized carbons (Fsp3) is 0.500. The molecule has 1 aliphatic rings. The molecule has 1 aromatic carbocycles. The first-order valence-corrected chi connectivity index (χ1v) is 6.39. The van der Waals surface area contributed by atoms with E-state index < -0.39 is 0 Å². The molecule has 0 spiro atoms. The molecule has 2 rings (SSSR count). The van der Waals surface area contributed by atoms with E-state index in [4.69, 9.17) is 0 Å². The minimum atomic E-state index is 0.0565. The van der Waals surface area contributed by atoms with Gasteiger partial charge >= 0.3 is 0 Å². The number of amides is 1. The maximum atomic E-state index is 11.9. The minimum absolute atomic E-state index is 0.0565. The smallest absolute Gasteiger partial charge is 0.224 e. The van der Waals surface area contributed by atoms with E-state index in [1.54, 1.807) is 24.3 Å². The van der Waals surface area contributed by atoms with Crippen LogP contribution in [0.15, 0.2) is 24.3 Å². The molecule has 0 aliphatic carbocycles. The third-order valence-electron chi connectivity index (χ3n) is 3.29. The fourth-order valence-electron chi connectivity index (χ4n) is 2.36. The van der Waals surface area contributed by atoms with Crippen molar-refractivity contribution in [3.8, 4) is 5.75 Å². The van der Waals surface area contributed by atoms with Crippen LogP contribution in [-0.2, 0) is 11.2 Å². The van der Waals surface area contributed by atoms with Crippen LogP contribution in [0.4, 0.5) is 0 Å². The van der Waals surface area contributed by atoms with Crippen LogP contribution < -0.4 is 5.32 Å². The average Bonchev–Trinajstić information content (AvgIpc) is 2.32. The van der Waals surface area contributed by atoms with Gasteiger partial charge in [0.25, 0.3) is 0 Å². The van der Waals surface area contributed by atoms with Gasteiger partial charge in [-0.3, -0.25) is 4.79 Å². The number of carbonyl (C=O) groups is 1. The normalized spacial score (nSPS) is 20.6. The van der Waals surface area contributed by atoms with Gasteiger partial charge in [-0.25, -0.2) is 0 Å². The number of rotatable bonds is 3. The first kappa shape index (κ1) is 12.9. The van der Waals surface area contributed by atoms with Crippen molar-refractivity contribution in [2.45, 2.75) is 25.3 Å². The Morgan fingerprint density at radius 3 is 2.83 bits per heavy atom. The van der Waals surface area contributed by atoms with Crippen LogP contribution in [0.3, 0.4) is 0 Å². The summed E-state index contributed by atoms with van der Waals surface area (Å²) in [5.41, 5.74) is 0.925. The molecular formula is C14H20N2O2. The monoisotopic (exact) mass is 248 g/mol. The topological polar surface area (TPSA) is 52.6 Å². The number of benzene rings is 1. The molecule has 1 heterocycles. The van der Waals surface area contributed by atoms with Crippen molar-refractivity contribution in [3.63, 3.8) is 0 Å². The van der Waals surface area contributed by atoms with Crippen molar-refractivity contribution in [1.29, 1.82) is 0 Å². The van der Waals surface area contributed by atoms with Crippen LogP contribution in [0.5, 0.6) is 5.75 Å². The number of likely N-dealkylation sites (N-methyl/N-ethyl adjacent to an activating group) is 1. The summed E-state index contributed by atoms with van der Waals surface area (Å²) < 4.78 is 0. The highest BCUT2D eigenvalue weighted by Crippen LogP contribution is 2.11. The molecular weight excluding hydrogens is 228 g/mol. The number of likely N-dealkylation sites (tertiary alicyclic amines) is 1. The minimum Gasteiger partial charge on any atom is -0.508 e. The maximum Gasteiger partial charge on any atom is 0.224 e. The zero-order chi connectivity index (χ0) is 13.0. The Labute approximate surface area is 108 Å². The lowest BCUT2D eigenvalue weighted by Crippen LogP contribution is -2.46. The van der Waals surface area contributed by atoms with Gasteiger partial charge in [-0.2, -0.15) is 0 Å². The van der Waals surface area contributed by atoms with Crippen LogP contribution in [0, 0.1) is 0 Å². The lowest BCUT2D eigenvalue weighted by atomic mass is 10.1. The second-order valence-corrected chi connectivity index (χ2v) is 5.01. The molecule has 0 aromatic heterocycles. The molecule has 98 valence electrons. The molecule has 4 nitrogen and oxygen atoms in total. The Balaban J connectivity index is 1.83. The number of phenolic OH excluding ortho intramolecular Hbond substituents is 1. The Morgan fingerprint density at radius 1 is 1.44 bits per heavy atom. The van der Waals surface area contributed by atoms with Gasteiger partial charge in [-0.05, 0) is 44.1 Å². The summed E-state index contributed by atoms with van der Waals surface area (Å²) >= 11 is 0. The number of hydrogen-bond acceptors (Lipinski definition) is 3. The van der Waals surface area contributed by atoms with E-state index in [0.717, 1.165) is 31.5 Å². The molecule has 0 saturated carbocycles. The van der Waals surface area contributed by atoms with E-state index in [2.05, 4.69) is 17.3 Å². The van der Waals surface area contributed by atoms with E-state index >= 15 is 0 Å². The van der Waals surface area contributed by atoms with Crippen molar-refractivity contribution in [2.75, 3.05) is 20.1 Å². The summed E-state index contributed by atoms with van der Waals surface area (Å²) in [4.78, 5) is 14.1. The first-order valence-electron chi connectivity index (χ1n) is 6.39. The number of phenols is 1. The van der Waals surface area contributed by atoms with Gasteiger partial charge in [0, 0.05) is 12.6 Å². The predicted octanol–water partition coefficient (Wildman–Crippen LogP) is 1.15. The second kappa shape index (κ2) is 5.87. The van der Waals surface area contributed by atoms with Gasteiger partial charge in [0.15, 0.2) is 0 Å². The zero-order valence-corrected chi connectivity index (χ0v) is 10.7. The van der Waals surface area contributed by atoms with Crippen molar-refractivity contribution >= 4 is 5.91 Å². The summed E-state index contributed by atoms with van der Waals surface area (Å²) in [5, 5.41) is 12.2. The van der Waals surface area contributed by atoms with Crippen LogP contribution >= 0.6 is 0 Å². The Morgan fingerprint density at radius 2 is 2.17 bits per heavy atom. The van der Waals surface area contributed by atoms with Crippen molar-refractivity contribution in [1.82, 2.24) is 10.2 Å². The summed E-state index contributed by atoms with van der Waals surface area (Å²) in [6.45, 7) is 2.05. The predicted molar refractivity (Wildman–Crippen MR) is 70.5 cm³/mol. The first-order chi connectivity index (χ1) is 8.63. The standard InChI is InChI=1S/C14H20N2O2/c1-16-8-2-3-12(10-16)15-14(18)9-11-4-6-13(17)7-5-11/h4-7,12,17H,2-3,8-10H2,1H3,(H,15,18). The average molecular weight is 248 g/mol. The highest BCUT2D eigenvalue weighted by atomic mass is 16.3. The van der Waals surface area contributed by atoms with E-state index in [9.17, 15) is 9.90 Å². The highest BCUT2D eigenvalue weighted by Gasteiger charge is 2.18. The number of nitrogens with zero attached hydrogens (tertiary/aromatic N) is 1. The van der Waals surface area contributed by atoms with E-state index in [0.29, 0.717) is 6.42 Å². The van der Waals surface area contributed by atoms with Crippen LogP contribution in [0.2, 0.25) is 0 Å². The third kappa shape index (κ3) is 3.74. The van der Waals surface area contributed by atoms with Crippen molar-refractivity contribution in [3.05, 3.63) is 29.8 Å². The van der Waals surface area contributed by atoms with Crippen LogP contribution in [0.1, 0.15) is 18.4 Å². The number of carbonyl (C=O) groups excluding carboxylic acids is 1. The summed E-state index contributed by atoms with van der Waals surface area (Å²) in [6.07, 6.45) is 2.58. The van der Waals surface area contributed by atoms with Gasteiger partial charge in [-0.15, -0.1) is 0 Å². The number of piperidine rings is 1. The largest absolute Gasteiger partial charge is 0.508 e. The molecule has 1 fully saturated rings. The fourth-order valence-corrected chi connectivity index (χ4v) is 2.36. The number of nitrogens with one attached hydrogen (secondary N) is 1. The molecule has 4 heteroatoms. The molecule has 0 radical (unpaired) electrons. The summed E-state index contributed by atoms with van der Waals surface area (Å²) in [5.74, 6) is 0.286. The second-order valence-electron chi connectivity index (χ2n) is 5.01.